The first-order valence-corrected chi connectivity index (χ1v) is 15.8. The summed E-state index contributed by atoms with van der Waals surface area (Å²) in [6.45, 7) is 0.244. The van der Waals surface area contributed by atoms with Gasteiger partial charge in [0.2, 0.25) is 5.82 Å². The number of halogens is 4. The van der Waals surface area contributed by atoms with Crippen molar-refractivity contribution in [1.29, 1.82) is 0 Å². The average Bonchev–Trinajstić information content (AvgIpc) is 3.47. The van der Waals surface area contributed by atoms with Crippen LogP contribution < -0.4 is 19.8 Å². The minimum Gasteiger partial charge on any atom is -0.496 e. The Balaban J connectivity index is 1.43. The zero-order valence-electron chi connectivity index (χ0n) is 23.1. The lowest BCUT2D eigenvalue weighted by Gasteiger charge is -2.16. The third-order valence-electron chi connectivity index (χ3n) is 6.79. The molecule has 12 heteroatoms. The molecule has 0 saturated carbocycles. The van der Waals surface area contributed by atoms with E-state index in [2.05, 4.69) is 52.9 Å². The molecule has 2 aromatic heterocycles. The van der Waals surface area contributed by atoms with Gasteiger partial charge < -0.3 is 18.6 Å². The Morgan fingerprint density at radius 1 is 0.955 bits per heavy atom. The van der Waals surface area contributed by atoms with Crippen molar-refractivity contribution in [3.63, 3.8) is 0 Å². The number of methoxy groups -OCH3 is 2. The van der Waals surface area contributed by atoms with Gasteiger partial charge in [-0.25, -0.2) is 4.98 Å². The van der Waals surface area contributed by atoms with Gasteiger partial charge in [-0.3, -0.25) is 4.79 Å². The van der Waals surface area contributed by atoms with Gasteiger partial charge in [-0.15, -0.1) is 0 Å². The molecule has 222 valence electrons. The first kappa shape index (κ1) is 30.4. The van der Waals surface area contributed by atoms with Crippen LogP contribution in [0.25, 0.3) is 33.5 Å². The molecule has 0 fully saturated rings. The first-order valence-electron chi connectivity index (χ1n) is 13.0. The van der Waals surface area contributed by atoms with Crippen molar-refractivity contribution in [2.24, 2.45) is 5.10 Å². The summed E-state index contributed by atoms with van der Waals surface area (Å²) < 4.78 is 26.9. The van der Waals surface area contributed by atoms with Gasteiger partial charge in [0, 0.05) is 24.5 Å². The highest BCUT2D eigenvalue weighted by atomic mass is 79.9. The number of aromatic nitrogens is 2. The number of furan rings is 1. The summed E-state index contributed by atoms with van der Waals surface area (Å²) in [7, 11) is 3.11. The van der Waals surface area contributed by atoms with Crippen LogP contribution in [0.4, 0.5) is 0 Å². The molecule has 0 amide bonds. The summed E-state index contributed by atoms with van der Waals surface area (Å²) in [6.07, 6.45) is 1.50. The molecule has 2 heterocycles. The van der Waals surface area contributed by atoms with E-state index >= 15 is 0 Å². The maximum Gasteiger partial charge on any atom is 0.282 e. The monoisotopic (exact) mass is 799 g/mol. The van der Waals surface area contributed by atoms with Crippen LogP contribution in [0, 0.1) is 0 Å². The van der Waals surface area contributed by atoms with E-state index in [1.807, 2.05) is 42.5 Å². The van der Waals surface area contributed by atoms with Crippen molar-refractivity contribution in [1.82, 2.24) is 9.66 Å². The molecule has 0 bridgehead atoms. The molecule has 8 nitrogen and oxygen atoms in total. The van der Waals surface area contributed by atoms with Gasteiger partial charge in [-0.2, -0.15) is 9.78 Å². The predicted octanol–water partition coefficient (Wildman–Crippen LogP) is 9.23. The van der Waals surface area contributed by atoms with Crippen LogP contribution in [0.1, 0.15) is 11.1 Å². The van der Waals surface area contributed by atoms with Crippen molar-refractivity contribution in [2.45, 2.75) is 6.61 Å². The third kappa shape index (κ3) is 5.77. The lowest BCUT2D eigenvalue weighted by Crippen LogP contribution is -2.20. The zero-order valence-corrected chi connectivity index (χ0v) is 28.6. The molecule has 0 spiro atoms. The van der Waals surface area contributed by atoms with Crippen LogP contribution in [0.2, 0.25) is 5.02 Å². The third-order valence-corrected chi connectivity index (χ3v) is 9.47. The van der Waals surface area contributed by atoms with Gasteiger partial charge in [-0.1, -0.05) is 67.7 Å². The summed E-state index contributed by atoms with van der Waals surface area (Å²) in [6, 6.07) is 21.8. The predicted molar refractivity (Wildman–Crippen MR) is 183 cm³/mol. The fourth-order valence-electron chi connectivity index (χ4n) is 4.61. The number of hydrogen-bond acceptors (Lipinski definition) is 7. The summed E-state index contributed by atoms with van der Waals surface area (Å²) in [4.78, 5) is 18.5. The van der Waals surface area contributed by atoms with Gasteiger partial charge in [0.1, 0.15) is 23.0 Å². The van der Waals surface area contributed by atoms with Gasteiger partial charge in [-0.05, 0) is 64.5 Å². The smallest absolute Gasteiger partial charge is 0.282 e. The minimum atomic E-state index is -0.372. The number of ether oxygens (including phenoxy) is 3. The molecule has 4 aromatic carbocycles. The van der Waals surface area contributed by atoms with Crippen molar-refractivity contribution < 1.29 is 18.6 Å². The number of hydrogen-bond donors (Lipinski definition) is 0. The Bertz CT molecular complexity index is 2140. The normalized spacial score (nSPS) is 11.5. The second-order valence-corrected chi connectivity index (χ2v) is 12.4. The lowest BCUT2D eigenvalue weighted by molar-refractivity contribution is 0.284. The number of benzene rings is 4. The van der Waals surface area contributed by atoms with E-state index in [4.69, 9.17) is 35.2 Å². The first-order chi connectivity index (χ1) is 21.3. The van der Waals surface area contributed by atoms with Crippen molar-refractivity contribution in [3.8, 4) is 28.8 Å². The molecular formula is C32H21Br3ClN3O5. The summed E-state index contributed by atoms with van der Waals surface area (Å²) in [5, 5.41) is 6.00. The molecule has 0 aliphatic rings. The van der Waals surface area contributed by atoms with E-state index in [0.29, 0.717) is 49.5 Å². The number of para-hydroxylation sites is 1. The van der Waals surface area contributed by atoms with Crippen molar-refractivity contribution in [2.75, 3.05) is 14.2 Å². The second kappa shape index (κ2) is 12.8. The quantitative estimate of drug-likeness (QED) is 0.143. The van der Waals surface area contributed by atoms with E-state index < -0.39 is 0 Å². The van der Waals surface area contributed by atoms with Gasteiger partial charge in [0.25, 0.3) is 5.56 Å². The van der Waals surface area contributed by atoms with Crippen molar-refractivity contribution >= 4 is 87.5 Å². The van der Waals surface area contributed by atoms with E-state index in [1.165, 1.54) is 18.0 Å². The summed E-state index contributed by atoms with van der Waals surface area (Å²) in [5.41, 5.74) is 2.19. The van der Waals surface area contributed by atoms with Crippen molar-refractivity contribution in [3.05, 3.63) is 113 Å². The zero-order chi connectivity index (χ0) is 31.0. The molecule has 6 rings (SSSR count). The van der Waals surface area contributed by atoms with Gasteiger partial charge >= 0.3 is 0 Å². The Kier molecular flexibility index (Phi) is 8.82. The SMILES string of the molecule is COc1cc(C=Nn2c(-c3cc4c(OC)cccc4o3)nc3ccccc3c2=O)c(Br)c(Cl)c1OCc1ccc(Br)cc1Br. The van der Waals surface area contributed by atoms with Gasteiger partial charge in [0.05, 0.1) is 36.7 Å². The van der Waals surface area contributed by atoms with Crippen LogP contribution >= 0.6 is 59.4 Å². The standard InChI is InChI=1S/C32H21Br3ClN3O5/c1-41-24-8-5-9-25-21(24)14-27(44-25)31-38-23-7-4-3-6-20(23)32(40)39(31)37-15-18-12-26(42-2)30(29(36)28(18)35)43-16-17-10-11-19(33)13-22(17)34/h3-15H,16H2,1-2H3. The fraction of sp³-hybridized carbons (Fsp3) is 0.0938. The summed E-state index contributed by atoms with van der Waals surface area (Å²) in [5.74, 6) is 1.95. The fourth-order valence-corrected chi connectivity index (χ4v) is 6.42. The Labute approximate surface area is 281 Å². The van der Waals surface area contributed by atoms with Crippen LogP contribution in [0.5, 0.6) is 17.2 Å². The maximum atomic E-state index is 13.7. The molecule has 0 aliphatic heterocycles. The van der Waals surface area contributed by atoms with E-state index in [-0.39, 0.29) is 23.0 Å². The Hall–Kier alpha value is -3.64. The number of rotatable bonds is 8. The van der Waals surface area contributed by atoms with Crippen LogP contribution in [-0.4, -0.2) is 30.1 Å². The molecule has 0 aliphatic carbocycles. The topological polar surface area (TPSA) is 88.1 Å². The highest BCUT2D eigenvalue weighted by Crippen LogP contribution is 2.43. The lowest BCUT2D eigenvalue weighted by atomic mass is 10.2. The largest absolute Gasteiger partial charge is 0.496 e. The van der Waals surface area contributed by atoms with Gasteiger partial charge in [0.15, 0.2) is 17.3 Å². The molecule has 44 heavy (non-hydrogen) atoms. The Morgan fingerprint density at radius 3 is 2.52 bits per heavy atom. The highest BCUT2D eigenvalue weighted by Gasteiger charge is 2.20. The number of fused-ring (bicyclic) bond motifs is 2. The van der Waals surface area contributed by atoms with E-state index in [0.717, 1.165) is 19.9 Å². The highest BCUT2D eigenvalue weighted by molar-refractivity contribution is 9.11. The molecule has 0 unspecified atom stereocenters. The van der Waals surface area contributed by atoms with Crippen LogP contribution in [0.15, 0.2) is 101 Å². The molecule has 0 N–H and O–H groups in total. The molecular weight excluding hydrogens is 782 g/mol. The molecule has 0 saturated heterocycles. The molecule has 6 aromatic rings. The second-order valence-electron chi connectivity index (χ2n) is 9.45. The average molecular weight is 803 g/mol. The van der Waals surface area contributed by atoms with Crippen LogP contribution in [-0.2, 0) is 6.61 Å². The maximum absolute atomic E-state index is 13.7. The van der Waals surface area contributed by atoms with Crippen LogP contribution in [0.3, 0.4) is 0 Å². The molecule has 0 radical (unpaired) electrons. The molecule has 0 atom stereocenters. The minimum absolute atomic E-state index is 0.220. The summed E-state index contributed by atoms with van der Waals surface area (Å²) >= 11 is 17.3. The number of nitrogens with zero attached hydrogens (tertiary/aromatic N) is 3. The van der Waals surface area contributed by atoms with E-state index in [9.17, 15) is 4.79 Å². The van der Waals surface area contributed by atoms with E-state index in [1.54, 1.807) is 37.4 Å². The Morgan fingerprint density at radius 2 is 1.75 bits per heavy atom.